The van der Waals surface area contributed by atoms with Crippen LogP contribution in [0, 0.1) is 11.8 Å². The van der Waals surface area contributed by atoms with Crippen LogP contribution in [-0.2, 0) is 9.59 Å². The van der Waals surface area contributed by atoms with Gasteiger partial charge >= 0.3 is 29.6 Å². The summed E-state index contributed by atoms with van der Waals surface area (Å²) in [6, 6.07) is 12.3. The minimum absolute atomic E-state index is 0. The molecule has 0 unspecified atom stereocenters. The zero-order valence-electron chi connectivity index (χ0n) is 19.1. The summed E-state index contributed by atoms with van der Waals surface area (Å²) in [6.45, 7) is 3.51. The summed E-state index contributed by atoms with van der Waals surface area (Å²) in [4.78, 5) is 38.1. The number of aliphatic hydroxyl groups excluding tert-OH is 1. The largest absolute Gasteiger partial charge is 1.00 e. The van der Waals surface area contributed by atoms with Crippen LogP contribution >= 0.6 is 0 Å². The first-order chi connectivity index (χ1) is 15.8. The molecule has 2 aromatic carbocycles. The van der Waals surface area contributed by atoms with Crippen molar-refractivity contribution < 1.29 is 58.9 Å². The van der Waals surface area contributed by atoms with Gasteiger partial charge in [0.1, 0.15) is 12.4 Å². The summed E-state index contributed by atoms with van der Waals surface area (Å²) in [5, 5.41) is 21.7. The number of allylic oxidation sites excluding steroid dienone is 1. The minimum atomic E-state index is -1.42. The number of ether oxygens (including phenoxy) is 1. The zero-order chi connectivity index (χ0) is 23.4. The van der Waals surface area contributed by atoms with Crippen LogP contribution < -0.4 is 39.4 Å². The van der Waals surface area contributed by atoms with E-state index >= 15 is 0 Å². The molecule has 0 radical (unpaired) electrons. The predicted octanol–water partition coefficient (Wildman–Crippen LogP) is -1.30. The van der Waals surface area contributed by atoms with Crippen LogP contribution in [0.4, 0.5) is 0 Å². The van der Waals surface area contributed by atoms with Crippen molar-refractivity contribution in [1.29, 1.82) is 0 Å². The molecule has 8 heteroatoms. The molecule has 0 aromatic heterocycles. The number of β-lactam (4-membered cyclic amide) rings is 1. The second kappa shape index (κ2) is 9.15. The summed E-state index contributed by atoms with van der Waals surface area (Å²) < 4.78 is 5.95. The SMILES string of the molecule is C[C@@H](O)[C@H]1C(=O)N2C(C(=O)[O-])=C(/C=C/COc3cccc4c3-c3ccccc3C4=O)[C@H](C)[C@H]12.[Na+]. The number of ketones is 1. The number of carboxylic acids is 1. The van der Waals surface area contributed by atoms with Crippen LogP contribution in [0.15, 0.2) is 65.9 Å². The Hall–Kier alpha value is -2.71. The molecule has 0 spiro atoms. The van der Waals surface area contributed by atoms with Crippen molar-refractivity contribution in [1.82, 2.24) is 4.90 Å². The number of aliphatic carboxylic acids is 1. The number of amides is 1. The fraction of sp³-hybridized carbons (Fsp3) is 0.269. The first kappa shape index (κ1) is 24.4. The molecule has 0 bridgehead atoms. The van der Waals surface area contributed by atoms with E-state index in [1.54, 1.807) is 36.4 Å². The molecule has 1 saturated heterocycles. The molecule has 5 rings (SSSR count). The van der Waals surface area contributed by atoms with Gasteiger partial charge in [0.25, 0.3) is 0 Å². The van der Waals surface area contributed by atoms with Gasteiger partial charge in [-0.15, -0.1) is 0 Å². The summed E-state index contributed by atoms with van der Waals surface area (Å²) in [5.41, 5.74) is 3.14. The number of nitrogens with zero attached hydrogens (tertiary/aromatic N) is 1. The van der Waals surface area contributed by atoms with Crippen molar-refractivity contribution in [3.8, 4) is 16.9 Å². The number of benzene rings is 2. The first-order valence-electron chi connectivity index (χ1n) is 10.9. The Morgan fingerprint density at radius 3 is 2.50 bits per heavy atom. The van der Waals surface area contributed by atoms with Gasteiger partial charge in [-0.25, -0.2) is 0 Å². The predicted molar refractivity (Wildman–Crippen MR) is 117 cm³/mol. The van der Waals surface area contributed by atoms with E-state index in [0.29, 0.717) is 22.4 Å². The van der Waals surface area contributed by atoms with Gasteiger partial charge in [0.05, 0.1) is 29.7 Å². The molecule has 0 saturated carbocycles. The first-order valence-corrected chi connectivity index (χ1v) is 10.9. The summed E-state index contributed by atoms with van der Waals surface area (Å²) in [5.74, 6) is -2.18. The van der Waals surface area contributed by atoms with E-state index in [9.17, 15) is 24.6 Å². The van der Waals surface area contributed by atoms with Gasteiger partial charge in [-0.2, -0.15) is 0 Å². The third-order valence-corrected chi connectivity index (χ3v) is 6.76. The third-order valence-electron chi connectivity index (χ3n) is 6.76. The van der Waals surface area contributed by atoms with Gasteiger partial charge in [0, 0.05) is 22.6 Å². The maximum Gasteiger partial charge on any atom is 1.00 e. The molecule has 2 heterocycles. The molecule has 7 nitrogen and oxygen atoms in total. The fourth-order valence-electron chi connectivity index (χ4n) is 5.28. The van der Waals surface area contributed by atoms with Crippen molar-refractivity contribution in [3.63, 3.8) is 0 Å². The van der Waals surface area contributed by atoms with E-state index in [1.807, 2.05) is 25.1 Å². The van der Waals surface area contributed by atoms with Gasteiger partial charge in [0.15, 0.2) is 5.78 Å². The van der Waals surface area contributed by atoms with Crippen molar-refractivity contribution in [2.75, 3.05) is 6.61 Å². The average molecular weight is 467 g/mol. The van der Waals surface area contributed by atoms with E-state index in [-0.39, 0.29) is 53.6 Å². The van der Waals surface area contributed by atoms with Gasteiger partial charge in [-0.3, -0.25) is 9.59 Å². The number of hydrogen-bond acceptors (Lipinski definition) is 6. The number of aliphatic hydroxyl groups is 1. The Bertz CT molecular complexity index is 1260. The second-order valence-corrected chi connectivity index (χ2v) is 8.61. The molecule has 168 valence electrons. The molecule has 3 aliphatic rings. The van der Waals surface area contributed by atoms with E-state index in [0.717, 1.165) is 11.1 Å². The molecule has 1 N–H and O–H groups in total. The van der Waals surface area contributed by atoms with Gasteiger partial charge in [0.2, 0.25) is 5.91 Å². The van der Waals surface area contributed by atoms with Crippen molar-refractivity contribution >= 4 is 17.7 Å². The summed E-state index contributed by atoms with van der Waals surface area (Å²) in [6.07, 6.45) is 2.47. The van der Waals surface area contributed by atoms with Crippen molar-refractivity contribution in [3.05, 3.63) is 77.0 Å². The Kier molecular flexibility index (Phi) is 6.57. The third kappa shape index (κ3) is 3.55. The van der Waals surface area contributed by atoms with Crippen molar-refractivity contribution in [2.45, 2.75) is 26.0 Å². The van der Waals surface area contributed by atoms with Gasteiger partial charge < -0.3 is 24.6 Å². The van der Waals surface area contributed by atoms with Crippen LogP contribution in [0.5, 0.6) is 5.75 Å². The summed E-state index contributed by atoms with van der Waals surface area (Å²) in [7, 11) is 0. The van der Waals surface area contributed by atoms with E-state index in [4.69, 9.17) is 4.74 Å². The quantitative estimate of drug-likeness (QED) is 0.357. The number of carboxylic acid groups (broad SMARTS) is 1. The van der Waals surface area contributed by atoms with Crippen LogP contribution in [0.2, 0.25) is 0 Å². The van der Waals surface area contributed by atoms with Gasteiger partial charge in [-0.05, 0) is 30.2 Å². The Morgan fingerprint density at radius 2 is 1.82 bits per heavy atom. The number of hydrogen-bond donors (Lipinski definition) is 1. The Morgan fingerprint density at radius 1 is 1.15 bits per heavy atom. The number of rotatable bonds is 6. The number of carbonyl (C=O) groups excluding carboxylic acids is 3. The molecule has 1 amide bonds. The maximum atomic E-state index is 12.7. The molecular weight excluding hydrogens is 445 g/mol. The normalized spacial score (nSPS) is 23.3. The fourth-order valence-corrected chi connectivity index (χ4v) is 5.28. The molecule has 2 aliphatic heterocycles. The van der Waals surface area contributed by atoms with Crippen LogP contribution in [0.1, 0.15) is 29.8 Å². The van der Waals surface area contributed by atoms with Crippen LogP contribution in [-0.4, -0.2) is 46.4 Å². The number of carbonyl (C=O) groups is 3. The Labute approximate surface area is 219 Å². The average Bonchev–Trinajstić information content (AvgIpc) is 3.21. The molecular formula is C26H22NNaO6. The van der Waals surface area contributed by atoms with E-state index in [2.05, 4.69) is 0 Å². The van der Waals surface area contributed by atoms with E-state index < -0.39 is 29.9 Å². The van der Waals surface area contributed by atoms with Crippen LogP contribution in [0.25, 0.3) is 11.1 Å². The summed E-state index contributed by atoms with van der Waals surface area (Å²) >= 11 is 0. The molecule has 1 aliphatic carbocycles. The molecule has 2 aromatic rings. The number of fused-ring (bicyclic) bond motifs is 4. The molecule has 4 atom stereocenters. The minimum Gasteiger partial charge on any atom is -0.543 e. The Balaban J connectivity index is 0.00000274. The molecule has 1 fully saturated rings. The van der Waals surface area contributed by atoms with Crippen LogP contribution in [0.3, 0.4) is 0 Å². The standard InChI is InChI=1S/C26H23NO6.Na/c1-13-15(23(26(31)32)27-22(13)20(14(2)28)25(27)30)10-6-12-33-19-11-5-9-18-21(19)16-7-3-4-8-17(16)24(18)29;/h3-11,13-14,20,22,28H,12H2,1-2H3,(H,31,32);/q;+1/p-1/b10-6+;/t13-,14+,20+,22+;/m0./s1. The molecule has 34 heavy (non-hydrogen) atoms. The van der Waals surface area contributed by atoms with Gasteiger partial charge in [-0.1, -0.05) is 49.4 Å². The zero-order valence-corrected chi connectivity index (χ0v) is 21.1. The maximum absolute atomic E-state index is 12.7. The monoisotopic (exact) mass is 467 g/mol. The topological polar surface area (TPSA) is 107 Å². The second-order valence-electron chi connectivity index (χ2n) is 8.61. The van der Waals surface area contributed by atoms with E-state index in [1.165, 1.54) is 11.8 Å². The van der Waals surface area contributed by atoms with Crippen molar-refractivity contribution in [2.24, 2.45) is 11.8 Å². The smallest absolute Gasteiger partial charge is 0.543 e.